The van der Waals surface area contributed by atoms with Gasteiger partial charge in [-0.2, -0.15) is 0 Å². The minimum atomic E-state index is -0.0403. The molecule has 1 aromatic heterocycles. The Kier molecular flexibility index (Phi) is 2.48. The van der Waals surface area contributed by atoms with Crippen molar-refractivity contribution in [2.45, 2.75) is 0 Å². The SMILES string of the molecule is Cn1c(/C=C2/C(=O)Nc3ccccc32)cc2ccccc21. The Morgan fingerprint density at radius 3 is 2.67 bits per heavy atom. The van der Waals surface area contributed by atoms with Gasteiger partial charge in [-0.1, -0.05) is 36.4 Å². The highest BCUT2D eigenvalue weighted by Crippen LogP contribution is 2.33. The third-order valence-electron chi connectivity index (χ3n) is 3.99. The van der Waals surface area contributed by atoms with Gasteiger partial charge in [0.2, 0.25) is 0 Å². The van der Waals surface area contributed by atoms with E-state index < -0.39 is 0 Å². The highest BCUT2D eigenvalue weighted by molar-refractivity contribution is 6.34. The fraction of sp³-hybridized carbons (Fsp3) is 0.0556. The molecule has 3 heteroatoms. The zero-order chi connectivity index (χ0) is 14.4. The number of aryl methyl sites for hydroxylation is 1. The van der Waals surface area contributed by atoms with Gasteiger partial charge in [0, 0.05) is 34.9 Å². The van der Waals surface area contributed by atoms with E-state index in [1.54, 1.807) is 0 Å². The fourth-order valence-corrected chi connectivity index (χ4v) is 2.88. The number of anilines is 1. The summed E-state index contributed by atoms with van der Waals surface area (Å²) in [7, 11) is 2.02. The lowest BCUT2D eigenvalue weighted by molar-refractivity contribution is -0.110. The number of rotatable bonds is 1. The summed E-state index contributed by atoms with van der Waals surface area (Å²) in [5.74, 6) is -0.0403. The topological polar surface area (TPSA) is 34.0 Å². The predicted octanol–water partition coefficient (Wildman–Crippen LogP) is 3.67. The van der Waals surface area contributed by atoms with Crippen LogP contribution in [0.3, 0.4) is 0 Å². The van der Waals surface area contributed by atoms with E-state index in [0.29, 0.717) is 0 Å². The monoisotopic (exact) mass is 274 g/mol. The maximum atomic E-state index is 12.2. The zero-order valence-electron chi connectivity index (χ0n) is 11.6. The van der Waals surface area contributed by atoms with Crippen molar-refractivity contribution < 1.29 is 4.79 Å². The van der Waals surface area contributed by atoms with Gasteiger partial charge < -0.3 is 9.88 Å². The van der Waals surface area contributed by atoms with Crippen molar-refractivity contribution in [1.82, 2.24) is 4.57 Å². The molecular weight excluding hydrogens is 260 g/mol. The quantitative estimate of drug-likeness (QED) is 0.675. The number of fused-ring (bicyclic) bond motifs is 2. The highest BCUT2D eigenvalue weighted by atomic mass is 16.2. The minimum absolute atomic E-state index is 0.0403. The molecule has 21 heavy (non-hydrogen) atoms. The Balaban J connectivity index is 1.91. The zero-order valence-corrected chi connectivity index (χ0v) is 11.6. The number of benzene rings is 2. The first-order valence-electron chi connectivity index (χ1n) is 6.91. The largest absolute Gasteiger partial charge is 0.344 e. The average Bonchev–Trinajstić information content (AvgIpc) is 2.99. The van der Waals surface area contributed by atoms with Crippen molar-refractivity contribution in [3.8, 4) is 0 Å². The number of nitrogens with one attached hydrogen (secondary N) is 1. The van der Waals surface area contributed by atoms with E-state index in [9.17, 15) is 4.79 Å². The van der Waals surface area contributed by atoms with Crippen molar-refractivity contribution in [1.29, 1.82) is 0 Å². The molecule has 102 valence electrons. The van der Waals surface area contributed by atoms with Gasteiger partial charge in [0.15, 0.2) is 0 Å². The van der Waals surface area contributed by atoms with Gasteiger partial charge in [0.05, 0.1) is 5.57 Å². The number of para-hydroxylation sites is 2. The van der Waals surface area contributed by atoms with Crippen LogP contribution in [0, 0.1) is 0 Å². The normalized spacial score (nSPS) is 15.5. The number of carbonyl (C=O) groups excluding carboxylic acids is 1. The second-order valence-corrected chi connectivity index (χ2v) is 5.24. The molecule has 0 bridgehead atoms. The Labute approximate surface area is 122 Å². The number of aromatic nitrogens is 1. The molecule has 1 N–H and O–H groups in total. The smallest absolute Gasteiger partial charge is 0.256 e. The maximum absolute atomic E-state index is 12.2. The van der Waals surface area contributed by atoms with Crippen LogP contribution < -0.4 is 5.32 Å². The van der Waals surface area contributed by atoms with Crippen LogP contribution in [-0.2, 0) is 11.8 Å². The molecule has 1 aliphatic heterocycles. The van der Waals surface area contributed by atoms with Gasteiger partial charge in [-0.25, -0.2) is 0 Å². The molecule has 0 unspecified atom stereocenters. The van der Waals surface area contributed by atoms with Crippen molar-refractivity contribution in [2.75, 3.05) is 5.32 Å². The van der Waals surface area contributed by atoms with Crippen molar-refractivity contribution in [3.63, 3.8) is 0 Å². The molecule has 4 rings (SSSR count). The van der Waals surface area contributed by atoms with Gasteiger partial charge in [-0.05, 0) is 24.3 Å². The van der Waals surface area contributed by atoms with E-state index in [4.69, 9.17) is 0 Å². The van der Waals surface area contributed by atoms with Gasteiger partial charge in [0.1, 0.15) is 0 Å². The average molecular weight is 274 g/mol. The van der Waals surface area contributed by atoms with E-state index in [2.05, 4.69) is 28.1 Å². The number of hydrogen-bond acceptors (Lipinski definition) is 1. The lowest BCUT2D eigenvalue weighted by Gasteiger charge is -2.01. The Bertz CT molecular complexity index is 902. The van der Waals surface area contributed by atoms with Crippen LogP contribution in [0.4, 0.5) is 5.69 Å². The lowest BCUT2D eigenvalue weighted by atomic mass is 10.1. The van der Waals surface area contributed by atoms with E-state index in [1.807, 2.05) is 49.5 Å². The molecule has 2 aromatic carbocycles. The maximum Gasteiger partial charge on any atom is 0.256 e. The summed E-state index contributed by atoms with van der Waals surface area (Å²) in [6, 6.07) is 18.1. The molecule has 1 amide bonds. The van der Waals surface area contributed by atoms with Crippen molar-refractivity contribution >= 4 is 34.1 Å². The van der Waals surface area contributed by atoms with Crippen LogP contribution in [0.1, 0.15) is 11.3 Å². The summed E-state index contributed by atoms with van der Waals surface area (Å²) in [6.07, 6.45) is 1.96. The van der Waals surface area contributed by atoms with Crippen molar-refractivity contribution in [3.05, 3.63) is 65.9 Å². The van der Waals surface area contributed by atoms with Gasteiger partial charge in [0.25, 0.3) is 5.91 Å². The van der Waals surface area contributed by atoms with Gasteiger partial charge in [-0.15, -0.1) is 0 Å². The van der Waals surface area contributed by atoms with E-state index in [-0.39, 0.29) is 5.91 Å². The van der Waals surface area contributed by atoms with E-state index in [0.717, 1.165) is 28.0 Å². The Morgan fingerprint density at radius 1 is 1.05 bits per heavy atom. The first-order chi connectivity index (χ1) is 10.2. The molecule has 0 fully saturated rings. The molecule has 0 radical (unpaired) electrons. The summed E-state index contributed by atoms with van der Waals surface area (Å²) in [5.41, 5.74) is 4.76. The van der Waals surface area contributed by atoms with Crippen LogP contribution in [0.15, 0.2) is 54.6 Å². The molecule has 3 aromatic rings. The molecule has 0 aliphatic carbocycles. The first kappa shape index (κ1) is 12.0. The summed E-state index contributed by atoms with van der Waals surface area (Å²) >= 11 is 0. The molecule has 0 spiro atoms. The second-order valence-electron chi connectivity index (χ2n) is 5.24. The van der Waals surface area contributed by atoms with E-state index >= 15 is 0 Å². The van der Waals surface area contributed by atoms with Gasteiger partial charge in [-0.3, -0.25) is 4.79 Å². The molecule has 0 saturated carbocycles. The minimum Gasteiger partial charge on any atom is -0.344 e. The second kappa shape index (κ2) is 4.35. The number of nitrogens with zero attached hydrogens (tertiary/aromatic N) is 1. The summed E-state index contributed by atoms with van der Waals surface area (Å²) in [5, 5.41) is 4.08. The van der Waals surface area contributed by atoms with Crippen LogP contribution in [-0.4, -0.2) is 10.5 Å². The van der Waals surface area contributed by atoms with E-state index in [1.165, 1.54) is 5.39 Å². The standard InChI is InChI=1S/C18H14N2O/c1-20-13(10-12-6-2-5-9-17(12)20)11-15-14-7-3-4-8-16(14)19-18(15)21/h2-11H,1H3,(H,19,21)/b15-11+. The number of hydrogen-bond donors (Lipinski definition) is 1. The predicted molar refractivity (Wildman–Crippen MR) is 85.9 cm³/mol. The Morgan fingerprint density at radius 2 is 1.81 bits per heavy atom. The highest BCUT2D eigenvalue weighted by Gasteiger charge is 2.23. The lowest BCUT2D eigenvalue weighted by Crippen LogP contribution is -2.04. The summed E-state index contributed by atoms with van der Waals surface area (Å²) in [6.45, 7) is 0. The molecule has 0 saturated heterocycles. The summed E-state index contributed by atoms with van der Waals surface area (Å²) in [4.78, 5) is 12.2. The number of carbonyl (C=O) groups is 1. The Hall–Kier alpha value is -2.81. The molecule has 2 heterocycles. The van der Waals surface area contributed by atoms with Crippen LogP contribution >= 0.6 is 0 Å². The summed E-state index contributed by atoms with van der Waals surface area (Å²) < 4.78 is 2.11. The van der Waals surface area contributed by atoms with Crippen LogP contribution in [0.2, 0.25) is 0 Å². The molecule has 1 aliphatic rings. The molecule has 0 atom stereocenters. The van der Waals surface area contributed by atoms with Gasteiger partial charge >= 0.3 is 0 Å². The van der Waals surface area contributed by atoms with Crippen LogP contribution in [0.5, 0.6) is 0 Å². The fourth-order valence-electron chi connectivity index (χ4n) is 2.88. The number of amides is 1. The third-order valence-corrected chi connectivity index (χ3v) is 3.99. The molecule has 3 nitrogen and oxygen atoms in total. The molecular formula is C18H14N2O. The van der Waals surface area contributed by atoms with Crippen molar-refractivity contribution in [2.24, 2.45) is 7.05 Å². The third kappa shape index (κ3) is 1.78. The van der Waals surface area contributed by atoms with Crippen LogP contribution in [0.25, 0.3) is 22.6 Å². The first-order valence-corrected chi connectivity index (χ1v) is 6.91.